The van der Waals surface area contributed by atoms with Crippen LogP contribution in [0.5, 0.6) is 5.75 Å². The zero-order valence-electron chi connectivity index (χ0n) is 8.57. The highest BCUT2D eigenvalue weighted by molar-refractivity contribution is 7.80. The molecule has 0 aliphatic heterocycles. The molecule has 0 radical (unpaired) electrons. The normalized spacial score (nSPS) is 11.1. The van der Waals surface area contributed by atoms with Gasteiger partial charge in [-0.15, -0.1) is 12.6 Å². The summed E-state index contributed by atoms with van der Waals surface area (Å²) in [4.78, 5) is 12.2. The standard InChI is InChI=1S/C11H14O2S/c1-11(2,3)10(12)13-8-6-4-5-7-9(8)14/h4-7,14H,1-3H3. The number of esters is 1. The molecule has 0 spiro atoms. The van der Waals surface area contributed by atoms with E-state index in [2.05, 4.69) is 12.6 Å². The average molecular weight is 210 g/mol. The van der Waals surface area contributed by atoms with Crippen molar-refractivity contribution in [2.45, 2.75) is 25.7 Å². The van der Waals surface area contributed by atoms with Crippen LogP contribution in [0.3, 0.4) is 0 Å². The summed E-state index contributed by atoms with van der Waals surface area (Å²) in [5, 5.41) is 0. The minimum Gasteiger partial charge on any atom is -0.425 e. The van der Waals surface area contributed by atoms with Crippen molar-refractivity contribution in [3.05, 3.63) is 24.3 Å². The van der Waals surface area contributed by atoms with Gasteiger partial charge in [0, 0.05) is 4.90 Å². The van der Waals surface area contributed by atoms with E-state index >= 15 is 0 Å². The van der Waals surface area contributed by atoms with Crippen molar-refractivity contribution in [3.8, 4) is 5.75 Å². The van der Waals surface area contributed by atoms with Crippen molar-refractivity contribution in [1.82, 2.24) is 0 Å². The van der Waals surface area contributed by atoms with Gasteiger partial charge in [0.05, 0.1) is 5.41 Å². The first-order valence-corrected chi connectivity index (χ1v) is 4.86. The smallest absolute Gasteiger partial charge is 0.316 e. The van der Waals surface area contributed by atoms with E-state index in [-0.39, 0.29) is 5.97 Å². The Morgan fingerprint density at radius 2 is 1.86 bits per heavy atom. The number of para-hydroxylation sites is 1. The molecule has 1 aromatic rings. The topological polar surface area (TPSA) is 26.3 Å². The maximum atomic E-state index is 11.5. The molecule has 0 aliphatic carbocycles. The Bertz CT molecular complexity index is 339. The van der Waals surface area contributed by atoms with Gasteiger partial charge in [0.1, 0.15) is 5.75 Å². The Morgan fingerprint density at radius 1 is 1.29 bits per heavy atom. The summed E-state index contributed by atoms with van der Waals surface area (Å²) in [5.74, 6) is 0.259. The first-order valence-electron chi connectivity index (χ1n) is 4.41. The lowest BCUT2D eigenvalue weighted by molar-refractivity contribution is -0.143. The summed E-state index contributed by atoms with van der Waals surface area (Å²) in [6, 6.07) is 7.17. The van der Waals surface area contributed by atoms with E-state index in [1.165, 1.54) is 0 Å². The number of ether oxygens (including phenoxy) is 1. The fourth-order valence-corrected chi connectivity index (χ4v) is 1.00. The van der Waals surface area contributed by atoms with Gasteiger partial charge in [-0.3, -0.25) is 4.79 Å². The molecule has 0 heterocycles. The molecule has 0 atom stereocenters. The largest absolute Gasteiger partial charge is 0.425 e. The van der Waals surface area contributed by atoms with Crippen LogP contribution >= 0.6 is 12.6 Å². The van der Waals surface area contributed by atoms with Crippen LogP contribution in [0, 0.1) is 5.41 Å². The van der Waals surface area contributed by atoms with Crippen molar-refractivity contribution in [2.24, 2.45) is 5.41 Å². The lowest BCUT2D eigenvalue weighted by atomic mass is 9.97. The predicted octanol–water partition coefficient (Wildman–Crippen LogP) is 2.93. The van der Waals surface area contributed by atoms with Crippen LogP contribution in [0.25, 0.3) is 0 Å². The molecule has 3 heteroatoms. The molecule has 0 saturated heterocycles. The van der Waals surface area contributed by atoms with E-state index in [4.69, 9.17) is 4.74 Å². The summed E-state index contributed by atoms with van der Waals surface area (Å²) >= 11 is 4.19. The van der Waals surface area contributed by atoms with Gasteiger partial charge in [0.15, 0.2) is 0 Å². The second-order valence-corrected chi connectivity index (χ2v) is 4.59. The third-order valence-electron chi connectivity index (χ3n) is 1.68. The summed E-state index contributed by atoms with van der Waals surface area (Å²) in [5.41, 5.74) is -0.490. The Kier molecular flexibility index (Phi) is 3.21. The van der Waals surface area contributed by atoms with E-state index in [0.29, 0.717) is 10.6 Å². The quantitative estimate of drug-likeness (QED) is 0.438. The molecule has 0 amide bonds. The molecule has 0 N–H and O–H groups in total. The van der Waals surface area contributed by atoms with E-state index in [9.17, 15) is 4.79 Å². The van der Waals surface area contributed by atoms with Gasteiger partial charge in [-0.25, -0.2) is 0 Å². The van der Waals surface area contributed by atoms with E-state index in [1.54, 1.807) is 12.1 Å². The Morgan fingerprint density at radius 3 is 2.36 bits per heavy atom. The first-order chi connectivity index (χ1) is 6.41. The van der Waals surface area contributed by atoms with Crippen LogP contribution in [0.2, 0.25) is 0 Å². The fourth-order valence-electron chi connectivity index (χ4n) is 0.796. The SMILES string of the molecule is CC(C)(C)C(=O)Oc1ccccc1S. The van der Waals surface area contributed by atoms with Crippen molar-refractivity contribution in [2.75, 3.05) is 0 Å². The molecular weight excluding hydrogens is 196 g/mol. The Labute approximate surface area is 89.7 Å². The average Bonchev–Trinajstić information content (AvgIpc) is 2.07. The van der Waals surface area contributed by atoms with Gasteiger partial charge in [-0.2, -0.15) is 0 Å². The maximum Gasteiger partial charge on any atom is 0.316 e. The number of hydrogen-bond acceptors (Lipinski definition) is 3. The molecule has 14 heavy (non-hydrogen) atoms. The molecule has 1 aromatic carbocycles. The molecule has 0 aliphatic rings. The van der Waals surface area contributed by atoms with Crippen molar-refractivity contribution in [1.29, 1.82) is 0 Å². The van der Waals surface area contributed by atoms with Crippen LogP contribution in [-0.2, 0) is 4.79 Å². The second-order valence-electron chi connectivity index (χ2n) is 4.11. The molecule has 2 nitrogen and oxygen atoms in total. The van der Waals surface area contributed by atoms with Gasteiger partial charge < -0.3 is 4.74 Å². The number of hydrogen-bond donors (Lipinski definition) is 1. The third kappa shape index (κ3) is 2.77. The molecular formula is C11H14O2S. The number of rotatable bonds is 1. The Hall–Kier alpha value is -0.960. The van der Waals surface area contributed by atoms with Crippen molar-refractivity contribution >= 4 is 18.6 Å². The molecule has 1 rings (SSSR count). The number of benzene rings is 1. The fraction of sp³-hybridized carbons (Fsp3) is 0.364. The number of thiol groups is 1. The summed E-state index contributed by atoms with van der Waals surface area (Å²) in [7, 11) is 0. The van der Waals surface area contributed by atoms with Crippen LogP contribution in [0.4, 0.5) is 0 Å². The number of carbonyl (C=O) groups is 1. The first kappa shape index (κ1) is 11.1. The highest BCUT2D eigenvalue weighted by Crippen LogP contribution is 2.24. The summed E-state index contributed by atoms with van der Waals surface area (Å²) in [6.45, 7) is 5.45. The van der Waals surface area contributed by atoms with E-state index in [0.717, 1.165) is 0 Å². The predicted molar refractivity (Wildman–Crippen MR) is 58.8 cm³/mol. The lowest BCUT2D eigenvalue weighted by Gasteiger charge is -2.16. The van der Waals surface area contributed by atoms with Gasteiger partial charge >= 0.3 is 5.97 Å². The highest BCUT2D eigenvalue weighted by atomic mass is 32.1. The second kappa shape index (κ2) is 4.05. The summed E-state index contributed by atoms with van der Waals surface area (Å²) in [6.07, 6.45) is 0. The number of carbonyl (C=O) groups excluding carboxylic acids is 1. The minimum absolute atomic E-state index is 0.251. The molecule has 76 valence electrons. The zero-order valence-corrected chi connectivity index (χ0v) is 9.47. The van der Waals surface area contributed by atoms with E-state index < -0.39 is 5.41 Å². The highest BCUT2D eigenvalue weighted by Gasteiger charge is 2.24. The van der Waals surface area contributed by atoms with Crippen LogP contribution < -0.4 is 4.74 Å². The molecule has 0 bridgehead atoms. The molecule has 0 fully saturated rings. The van der Waals surface area contributed by atoms with Crippen LogP contribution in [-0.4, -0.2) is 5.97 Å². The van der Waals surface area contributed by atoms with Gasteiger partial charge in [0.2, 0.25) is 0 Å². The van der Waals surface area contributed by atoms with Crippen LogP contribution in [0.15, 0.2) is 29.2 Å². The molecule has 0 aromatic heterocycles. The van der Waals surface area contributed by atoms with E-state index in [1.807, 2.05) is 32.9 Å². The van der Waals surface area contributed by atoms with Gasteiger partial charge in [-0.05, 0) is 32.9 Å². The van der Waals surface area contributed by atoms with Crippen molar-refractivity contribution in [3.63, 3.8) is 0 Å². The van der Waals surface area contributed by atoms with Crippen molar-refractivity contribution < 1.29 is 9.53 Å². The maximum absolute atomic E-state index is 11.5. The Balaban J connectivity index is 2.80. The van der Waals surface area contributed by atoms with Gasteiger partial charge in [-0.1, -0.05) is 12.1 Å². The monoisotopic (exact) mass is 210 g/mol. The zero-order chi connectivity index (χ0) is 10.8. The lowest BCUT2D eigenvalue weighted by Crippen LogP contribution is -2.25. The molecule has 0 unspecified atom stereocenters. The molecule has 0 saturated carbocycles. The van der Waals surface area contributed by atoms with Gasteiger partial charge in [0.25, 0.3) is 0 Å². The third-order valence-corrected chi connectivity index (χ3v) is 2.05. The minimum atomic E-state index is -0.490. The van der Waals surface area contributed by atoms with Crippen LogP contribution in [0.1, 0.15) is 20.8 Å². The summed E-state index contributed by atoms with van der Waals surface area (Å²) < 4.78 is 5.19.